The summed E-state index contributed by atoms with van der Waals surface area (Å²) in [6.07, 6.45) is 6.53. The van der Waals surface area contributed by atoms with Crippen molar-refractivity contribution in [1.29, 1.82) is 0 Å². The molecular weight excluding hydrogens is 186 g/mol. The normalized spacial score (nSPS) is 15.0. The molecule has 0 atom stereocenters. The van der Waals surface area contributed by atoms with Crippen molar-refractivity contribution in [2.45, 2.75) is 45.4 Å². The van der Waals surface area contributed by atoms with Gasteiger partial charge >= 0.3 is 0 Å². The van der Waals surface area contributed by atoms with E-state index in [4.69, 9.17) is 5.73 Å². The maximum atomic E-state index is 10.0. The van der Waals surface area contributed by atoms with Crippen molar-refractivity contribution in [3.63, 3.8) is 0 Å². The van der Waals surface area contributed by atoms with Crippen molar-refractivity contribution in [2.24, 2.45) is 0 Å². The largest absolute Gasteiger partial charge is 0.505 e. The van der Waals surface area contributed by atoms with Gasteiger partial charge in [0.2, 0.25) is 0 Å². The Morgan fingerprint density at radius 2 is 2.07 bits per heavy atom. The average Bonchev–Trinajstić information content (AvgIpc) is 2.26. The zero-order valence-electron chi connectivity index (χ0n) is 9.34. The Labute approximate surface area is 91.1 Å². The van der Waals surface area contributed by atoms with Gasteiger partial charge in [0.05, 0.1) is 5.69 Å². The third-order valence-electron chi connectivity index (χ3n) is 3.27. The number of rotatable bonds is 2. The first kappa shape index (κ1) is 10.3. The van der Waals surface area contributed by atoms with Crippen molar-refractivity contribution < 1.29 is 5.11 Å². The van der Waals surface area contributed by atoms with E-state index in [2.05, 4.69) is 13.0 Å². The molecule has 15 heavy (non-hydrogen) atoms. The molecule has 3 N–H and O–H groups in total. The van der Waals surface area contributed by atoms with Crippen LogP contribution < -0.4 is 5.73 Å². The number of anilines is 1. The van der Waals surface area contributed by atoms with Crippen LogP contribution in [0.25, 0.3) is 0 Å². The minimum Gasteiger partial charge on any atom is -0.505 e. The molecule has 1 aromatic carbocycles. The number of nitrogen functional groups attached to an aromatic ring is 1. The molecule has 0 spiro atoms. The number of nitrogens with two attached hydrogens (primary N) is 1. The topological polar surface area (TPSA) is 46.2 Å². The Morgan fingerprint density at radius 1 is 1.33 bits per heavy atom. The minimum atomic E-state index is 0.357. The van der Waals surface area contributed by atoms with Crippen molar-refractivity contribution >= 4 is 5.69 Å². The number of aromatic hydroxyl groups is 1. The summed E-state index contributed by atoms with van der Waals surface area (Å²) >= 11 is 0. The van der Waals surface area contributed by atoms with Crippen molar-refractivity contribution in [1.82, 2.24) is 0 Å². The van der Waals surface area contributed by atoms with Gasteiger partial charge < -0.3 is 10.8 Å². The van der Waals surface area contributed by atoms with Crippen molar-refractivity contribution in [2.75, 3.05) is 5.73 Å². The lowest BCUT2D eigenvalue weighted by Gasteiger charge is -2.20. The predicted molar refractivity (Wildman–Crippen MR) is 63.2 cm³/mol. The molecule has 2 heteroatoms. The van der Waals surface area contributed by atoms with E-state index in [-0.39, 0.29) is 0 Å². The first-order valence-electron chi connectivity index (χ1n) is 5.86. The summed E-state index contributed by atoms with van der Waals surface area (Å²) in [6.45, 7) is 2.13. The second kappa shape index (κ2) is 4.13. The SMILES string of the molecule is CCCc1cc2c(c(O)c1N)CCCC2. The summed E-state index contributed by atoms with van der Waals surface area (Å²) in [7, 11) is 0. The fraction of sp³-hybridized carbons (Fsp3) is 0.538. The molecule has 2 nitrogen and oxygen atoms in total. The van der Waals surface area contributed by atoms with Gasteiger partial charge in [-0.3, -0.25) is 0 Å². The van der Waals surface area contributed by atoms with Crippen LogP contribution in [-0.2, 0) is 19.3 Å². The van der Waals surface area contributed by atoms with Gasteiger partial charge in [-0.1, -0.05) is 19.4 Å². The summed E-state index contributed by atoms with van der Waals surface area (Å²) in [5.74, 6) is 0.357. The van der Waals surface area contributed by atoms with E-state index < -0.39 is 0 Å². The molecule has 0 amide bonds. The number of hydrogen-bond donors (Lipinski definition) is 2. The maximum Gasteiger partial charge on any atom is 0.142 e. The fourth-order valence-electron chi connectivity index (χ4n) is 2.44. The van der Waals surface area contributed by atoms with Crippen molar-refractivity contribution in [3.05, 3.63) is 22.8 Å². The van der Waals surface area contributed by atoms with E-state index in [9.17, 15) is 5.11 Å². The molecule has 0 saturated heterocycles. The molecule has 0 saturated carbocycles. The molecule has 82 valence electrons. The Kier molecular flexibility index (Phi) is 2.85. The van der Waals surface area contributed by atoms with Crippen molar-refractivity contribution in [3.8, 4) is 5.75 Å². The summed E-state index contributed by atoms with van der Waals surface area (Å²) in [5, 5.41) is 10.0. The van der Waals surface area contributed by atoms with Crippen LogP contribution in [0.2, 0.25) is 0 Å². The Bertz CT molecular complexity index is 371. The van der Waals surface area contributed by atoms with E-state index >= 15 is 0 Å². The second-order valence-corrected chi connectivity index (χ2v) is 4.39. The maximum absolute atomic E-state index is 10.0. The van der Waals surface area contributed by atoms with E-state index in [0.717, 1.165) is 36.8 Å². The number of benzene rings is 1. The predicted octanol–water partition coefficient (Wildman–Crippen LogP) is 2.81. The van der Waals surface area contributed by atoms with Gasteiger partial charge in [-0.2, -0.15) is 0 Å². The van der Waals surface area contributed by atoms with E-state index in [1.165, 1.54) is 18.4 Å². The van der Waals surface area contributed by atoms with Gasteiger partial charge in [-0.05, 0) is 48.8 Å². The lowest BCUT2D eigenvalue weighted by molar-refractivity contribution is 0.464. The number of phenolic OH excluding ortho intramolecular Hbond substituents is 1. The van der Waals surface area contributed by atoms with Gasteiger partial charge in [0.15, 0.2) is 0 Å². The third kappa shape index (κ3) is 1.81. The van der Waals surface area contributed by atoms with Crippen LogP contribution >= 0.6 is 0 Å². The van der Waals surface area contributed by atoms with Crippen LogP contribution in [0.3, 0.4) is 0 Å². The van der Waals surface area contributed by atoms with Gasteiger partial charge in [-0.15, -0.1) is 0 Å². The Hall–Kier alpha value is -1.18. The Balaban J connectivity index is 2.47. The molecule has 0 heterocycles. The van der Waals surface area contributed by atoms with Gasteiger partial charge in [-0.25, -0.2) is 0 Å². The highest BCUT2D eigenvalue weighted by atomic mass is 16.3. The highest BCUT2D eigenvalue weighted by Crippen LogP contribution is 2.36. The van der Waals surface area contributed by atoms with Crippen LogP contribution in [0.4, 0.5) is 5.69 Å². The van der Waals surface area contributed by atoms with Crippen LogP contribution in [0.15, 0.2) is 6.07 Å². The van der Waals surface area contributed by atoms with Crippen LogP contribution in [-0.4, -0.2) is 5.11 Å². The zero-order valence-corrected chi connectivity index (χ0v) is 9.34. The van der Waals surface area contributed by atoms with E-state index in [1.807, 2.05) is 0 Å². The van der Waals surface area contributed by atoms with Crippen LogP contribution in [0.1, 0.15) is 42.9 Å². The summed E-state index contributed by atoms with van der Waals surface area (Å²) < 4.78 is 0. The standard InChI is InChI=1S/C13H19NO/c1-2-5-10-8-9-6-3-4-7-11(9)13(15)12(10)14/h8,15H,2-7,14H2,1H3. The molecule has 1 aliphatic rings. The van der Waals surface area contributed by atoms with Gasteiger partial charge in [0.1, 0.15) is 5.75 Å². The summed E-state index contributed by atoms with van der Waals surface area (Å²) in [4.78, 5) is 0. The van der Waals surface area contributed by atoms with E-state index in [0.29, 0.717) is 11.4 Å². The smallest absolute Gasteiger partial charge is 0.142 e. The first-order valence-corrected chi connectivity index (χ1v) is 5.86. The fourth-order valence-corrected chi connectivity index (χ4v) is 2.44. The number of aryl methyl sites for hydroxylation is 2. The molecule has 0 bridgehead atoms. The zero-order chi connectivity index (χ0) is 10.8. The van der Waals surface area contributed by atoms with E-state index in [1.54, 1.807) is 0 Å². The molecule has 2 rings (SSSR count). The highest BCUT2D eigenvalue weighted by Gasteiger charge is 2.17. The molecule has 1 aliphatic carbocycles. The lowest BCUT2D eigenvalue weighted by Crippen LogP contribution is -2.07. The highest BCUT2D eigenvalue weighted by molar-refractivity contribution is 5.64. The molecule has 0 aromatic heterocycles. The number of phenols is 1. The average molecular weight is 205 g/mol. The Morgan fingerprint density at radius 3 is 2.80 bits per heavy atom. The number of fused-ring (bicyclic) bond motifs is 1. The summed E-state index contributed by atoms with van der Waals surface area (Å²) in [6, 6.07) is 2.20. The second-order valence-electron chi connectivity index (χ2n) is 4.39. The lowest BCUT2D eigenvalue weighted by atomic mass is 9.88. The third-order valence-corrected chi connectivity index (χ3v) is 3.27. The molecular formula is C13H19NO. The minimum absolute atomic E-state index is 0.357. The first-order chi connectivity index (χ1) is 7.24. The number of hydrogen-bond acceptors (Lipinski definition) is 2. The molecule has 0 unspecified atom stereocenters. The van der Waals surface area contributed by atoms with Crippen LogP contribution in [0.5, 0.6) is 5.75 Å². The van der Waals surface area contributed by atoms with Gasteiger partial charge in [0, 0.05) is 0 Å². The monoisotopic (exact) mass is 205 g/mol. The quantitative estimate of drug-likeness (QED) is 0.576. The van der Waals surface area contributed by atoms with Gasteiger partial charge in [0.25, 0.3) is 0 Å². The summed E-state index contributed by atoms with van der Waals surface area (Å²) in [5.41, 5.74) is 10.1. The molecule has 0 radical (unpaired) electrons. The molecule has 0 aliphatic heterocycles. The molecule has 0 fully saturated rings. The molecule has 1 aromatic rings. The van der Waals surface area contributed by atoms with Crippen LogP contribution in [0, 0.1) is 0 Å².